The number of hydrogen-bond acceptors (Lipinski definition) is 8. The third-order valence-corrected chi connectivity index (χ3v) is 6.19. The number of furan rings is 1. The summed E-state index contributed by atoms with van der Waals surface area (Å²) in [7, 11) is 0. The molecule has 11 heteroatoms. The molecule has 0 atom stereocenters. The van der Waals surface area contributed by atoms with Gasteiger partial charge in [-0.3, -0.25) is 25.1 Å². The van der Waals surface area contributed by atoms with Gasteiger partial charge >= 0.3 is 0 Å². The first kappa shape index (κ1) is 20.0. The molecule has 0 saturated carbocycles. The number of carbonyl (C=O) groups is 2. The summed E-state index contributed by atoms with van der Waals surface area (Å²) in [6, 6.07) is 12.8. The van der Waals surface area contributed by atoms with Gasteiger partial charge in [0.2, 0.25) is 0 Å². The molecule has 2 aromatic heterocycles. The Morgan fingerprint density at radius 2 is 2.00 bits per heavy atom. The van der Waals surface area contributed by atoms with Crippen molar-refractivity contribution in [3.8, 4) is 11.3 Å². The fourth-order valence-corrected chi connectivity index (χ4v) is 4.45. The minimum atomic E-state index is -0.487. The number of rotatable bonds is 5. The Labute approximate surface area is 183 Å². The van der Waals surface area contributed by atoms with E-state index in [-0.39, 0.29) is 14.9 Å². The van der Waals surface area contributed by atoms with E-state index in [2.05, 4.69) is 5.43 Å². The highest BCUT2D eigenvalue weighted by Gasteiger charge is 2.34. The highest BCUT2D eigenvalue weighted by molar-refractivity contribution is 8.26. The standard InChI is InChI=1S/C19H11N3O5S3/c23-17(15-6-3-9-29-15)20-21-18(24)16(30-19(21)28)10-11-7-8-14(27-11)12-4-1-2-5-13(12)22(25)26/h1-10H,(H,20,23)/b16-10+. The van der Waals surface area contributed by atoms with Crippen molar-refractivity contribution in [2.45, 2.75) is 0 Å². The molecule has 0 radical (unpaired) electrons. The molecular weight excluding hydrogens is 446 g/mol. The maximum atomic E-state index is 12.7. The van der Waals surface area contributed by atoms with Crippen molar-refractivity contribution in [3.63, 3.8) is 0 Å². The van der Waals surface area contributed by atoms with Crippen molar-refractivity contribution in [1.29, 1.82) is 0 Å². The molecule has 0 aliphatic carbocycles. The molecule has 4 rings (SSSR count). The van der Waals surface area contributed by atoms with Crippen molar-refractivity contribution < 1.29 is 18.9 Å². The van der Waals surface area contributed by atoms with Gasteiger partial charge in [-0.25, -0.2) is 0 Å². The minimum absolute atomic E-state index is 0.0824. The van der Waals surface area contributed by atoms with E-state index in [1.807, 2.05) is 0 Å². The third kappa shape index (κ3) is 3.90. The third-order valence-electron chi connectivity index (χ3n) is 4.02. The number of para-hydroxylation sites is 1. The Morgan fingerprint density at radius 3 is 2.73 bits per heavy atom. The number of carbonyl (C=O) groups excluding carboxylic acids is 2. The smallest absolute Gasteiger partial charge is 0.285 e. The molecule has 3 aromatic rings. The Balaban J connectivity index is 1.55. The van der Waals surface area contributed by atoms with E-state index in [9.17, 15) is 19.7 Å². The summed E-state index contributed by atoms with van der Waals surface area (Å²) in [5.41, 5.74) is 2.74. The number of benzene rings is 1. The largest absolute Gasteiger partial charge is 0.456 e. The number of thiophene rings is 1. The SMILES string of the molecule is O=C(NN1C(=O)/C(=C\c2ccc(-c3ccccc3[N+](=O)[O-])o2)SC1=S)c1cccs1. The number of nitro groups is 1. The molecule has 1 saturated heterocycles. The number of hydrazine groups is 1. The predicted molar refractivity (Wildman–Crippen MR) is 118 cm³/mol. The summed E-state index contributed by atoms with van der Waals surface area (Å²) in [5.74, 6) is -0.291. The summed E-state index contributed by atoms with van der Waals surface area (Å²) in [4.78, 5) is 36.3. The van der Waals surface area contributed by atoms with Gasteiger partial charge in [-0.05, 0) is 41.9 Å². The first-order valence-corrected chi connectivity index (χ1v) is 10.5. The summed E-state index contributed by atoms with van der Waals surface area (Å²) >= 11 is 7.46. The average molecular weight is 458 g/mol. The lowest BCUT2D eigenvalue weighted by Gasteiger charge is -2.14. The molecule has 8 nitrogen and oxygen atoms in total. The number of nitro benzene ring substituents is 1. The Morgan fingerprint density at radius 1 is 1.20 bits per heavy atom. The first-order chi connectivity index (χ1) is 14.4. The zero-order valence-corrected chi connectivity index (χ0v) is 17.4. The monoisotopic (exact) mass is 457 g/mol. The van der Waals surface area contributed by atoms with Crippen LogP contribution in [0.1, 0.15) is 15.4 Å². The van der Waals surface area contributed by atoms with Crippen LogP contribution in [0.15, 0.2) is 63.2 Å². The lowest BCUT2D eigenvalue weighted by Crippen LogP contribution is -2.44. The number of amides is 2. The Kier molecular flexibility index (Phi) is 5.48. The zero-order chi connectivity index (χ0) is 21.3. The normalized spacial score (nSPS) is 15.1. The second-order valence-electron chi connectivity index (χ2n) is 5.91. The van der Waals surface area contributed by atoms with Crippen LogP contribution in [0.4, 0.5) is 5.69 Å². The Bertz CT molecular complexity index is 1200. The van der Waals surface area contributed by atoms with Crippen molar-refractivity contribution >= 4 is 63.2 Å². The van der Waals surface area contributed by atoms with Crippen molar-refractivity contribution in [3.05, 3.63) is 79.6 Å². The Hall–Kier alpha value is -3.28. The molecule has 30 heavy (non-hydrogen) atoms. The number of nitrogens with one attached hydrogen (secondary N) is 1. The van der Waals surface area contributed by atoms with Gasteiger partial charge in [-0.1, -0.05) is 30.0 Å². The molecule has 1 aromatic carbocycles. The maximum absolute atomic E-state index is 12.7. The van der Waals surface area contributed by atoms with Gasteiger partial charge < -0.3 is 4.42 Å². The quantitative estimate of drug-likeness (QED) is 0.261. The van der Waals surface area contributed by atoms with Gasteiger partial charge in [-0.2, -0.15) is 5.01 Å². The molecule has 3 heterocycles. The zero-order valence-electron chi connectivity index (χ0n) is 14.9. The van der Waals surface area contributed by atoms with Gasteiger partial charge in [0.15, 0.2) is 4.32 Å². The highest BCUT2D eigenvalue weighted by Crippen LogP contribution is 2.34. The molecule has 1 fully saturated rings. The van der Waals surface area contributed by atoms with Crippen LogP contribution in [0, 0.1) is 10.1 Å². The van der Waals surface area contributed by atoms with E-state index in [1.165, 1.54) is 23.5 Å². The summed E-state index contributed by atoms with van der Waals surface area (Å²) in [5, 5.41) is 14.0. The number of hydrogen-bond donors (Lipinski definition) is 1. The van der Waals surface area contributed by atoms with Crippen LogP contribution >= 0.6 is 35.3 Å². The molecule has 0 bridgehead atoms. The molecule has 150 valence electrons. The van der Waals surface area contributed by atoms with Crippen molar-refractivity contribution in [2.75, 3.05) is 0 Å². The lowest BCUT2D eigenvalue weighted by molar-refractivity contribution is -0.384. The van der Waals surface area contributed by atoms with E-state index < -0.39 is 16.7 Å². The van der Waals surface area contributed by atoms with Gasteiger partial charge in [-0.15, -0.1) is 11.3 Å². The molecule has 2 amide bonds. The molecule has 1 aliphatic heterocycles. The second-order valence-corrected chi connectivity index (χ2v) is 8.54. The van der Waals surface area contributed by atoms with E-state index in [1.54, 1.807) is 47.8 Å². The summed E-state index contributed by atoms with van der Waals surface area (Å²) in [6.07, 6.45) is 1.48. The van der Waals surface area contributed by atoms with E-state index in [0.29, 0.717) is 22.0 Å². The van der Waals surface area contributed by atoms with Crippen LogP contribution < -0.4 is 5.43 Å². The highest BCUT2D eigenvalue weighted by atomic mass is 32.2. The topological polar surface area (TPSA) is 106 Å². The van der Waals surface area contributed by atoms with Gasteiger partial charge in [0.05, 0.1) is 20.3 Å². The van der Waals surface area contributed by atoms with Crippen molar-refractivity contribution in [1.82, 2.24) is 10.4 Å². The van der Waals surface area contributed by atoms with E-state index >= 15 is 0 Å². The molecular formula is C19H11N3O5S3. The summed E-state index contributed by atoms with van der Waals surface area (Å²) in [6.45, 7) is 0. The van der Waals surface area contributed by atoms with Gasteiger partial charge in [0, 0.05) is 12.1 Å². The maximum Gasteiger partial charge on any atom is 0.285 e. The van der Waals surface area contributed by atoms with Crippen LogP contribution in [-0.2, 0) is 4.79 Å². The predicted octanol–water partition coefficient (Wildman–Crippen LogP) is 4.46. The van der Waals surface area contributed by atoms with Crippen LogP contribution in [0.3, 0.4) is 0 Å². The molecule has 0 unspecified atom stereocenters. The van der Waals surface area contributed by atoms with Crippen molar-refractivity contribution in [2.24, 2.45) is 0 Å². The molecule has 1 N–H and O–H groups in total. The average Bonchev–Trinajstić information content (AvgIpc) is 3.47. The van der Waals surface area contributed by atoms with E-state index in [4.69, 9.17) is 16.6 Å². The first-order valence-electron chi connectivity index (χ1n) is 8.40. The van der Waals surface area contributed by atoms with Gasteiger partial charge in [0.1, 0.15) is 11.5 Å². The van der Waals surface area contributed by atoms with Crippen LogP contribution in [0.5, 0.6) is 0 Å². The van der Waals surface area contributed by atoms with Crippen LogP contribution in [0.2, 0.25) is 0 Å². The number of nitrogens with zero attached hydrogens (tertiary/aromatic N) is 2. The van der Waals surface area contributed by atoms with Gasteiger partial charge in [0.25, 0.3) is 17.5 Å². The summed E-state index contributed by atoms with van der Waals surface area (Å²) < 4.78 is 5.87. The molecule has 0 spiro atoms. The minimum Gasteiger partial charge on any atom is -0.456 e. The fraction of sp³-hybridized carbons (Fsp3) is 0. The van der Waals surface area contributed by atoms with Crippen LogP contribution in [0.25, 0.3) is 17.4 Å². The van der Waals surface area contributed by atoms with Crippen LogP contribution in [-0.4, -0.2) is 26.1 Å². The number of thiocarbonyl (C=S) groups is 1. The second kappa shape index (κ2) is 8.22. The fourth-order valence-electron chi connectivity index (χ4n) is 2.67. The lowest BCUT2D eigenvalue weighted by atomic mass is 10.1. The molecule has 1 aliphatic rings. The van der Waals surface area contributed by atoms with E-state index in [0.717, 1.165) is 16.8 Å². The number of thioether (sulfide) groups is 1.